The zero-order valence-corrected chi connectivity index (χ0v) is 19.4. The number of morpholine rings is 1. The molecular weight excluding hydrogens is 430 g/mol. The van der Waals surface area contributed by atoms with E-state index in [0.29, 0.717) is 5.92 Å². The highest BCUT2D eigenvalue weighted by Crippen LogP contribution is 2.35. The van der Waals surface area contributed by atoms with E-state index in [9.17, 15) is 0 Å². The van der Waals surface area contributed by atoms with Crippen LogP contribution in [0.25, 0.3) is 22.1 Å². The molecule has 0 bridgehead atoms. The lowest BCUT2D eigenvalue weighted by molar-refractivity contribution is 0.122. The lowest BCUT2D eigenvalue weighted by atomic mass is 9.84. The fourth-order valence-corrected chi connectivity index (χ4v) is 5.22. The molecule has 1 saturated carbocycles. The largest absolute Gasteiger partial charge is 0.488 e. The van der Waals surface area contributed by atoms with E-state index in [4.69, 9.17) is 13.9 Å². The fraction of sp³-hybridized carbons (Fsp3) is 0.462. The molecule has 0 amide bonds. The van der Waals surface area contributed by atoms with Crippen molar-refractivity contribution < 1.29 is 13.9 Å². The van der Waals surface area contributed by atoms with Crippen molar-refractivity contribution in [1.29, 1.82) is 0 Å². The molecule has 1 aliphatic carbocycles. The molecule has 8 heteroatoms. The molecule has 0 N–H and O–H groups in total. The predicted molar refractivity (Wildman–Crippen MR) is 129 cm³/mol. The second kappa shape index (κ2) is 9.18. The van der Waals surface area contributed by atoms with Gasteiger partial charge in [-0.25, -0.2) is 15.0 Å². The van der Waals surface area contributed by atoms with Gasteiger partial charge in [-0.2, -0.15) is 0 Å². The standard InChI is InChI=1S/C26H29N5O3/c1-17-29-21-6-11-33-26(21)23(30-17)14-18-2-4-20(5-3-18)34-24-16-19(31-9-12-32-13-10-31)15-22-25(24)28-8-7-27-22/h6-8,11,15-16,18,20H,2-5,9-10,12-14H2,1H3. The van der Waals surface area contributed by atoms with Crippen LogP contribution in [0.5, 0.6) is 5.75 Å². The zero-order chi connectivity index (χ0) is 22.9. The average molecular weight is 460 g/mol. The first-order valence-electron chi connectivity index (χ1n) is 12.2. The molecule has 2 aliphatic rings. The number of rotatable bonds is 5. The summed E-state index contributed by atoms with van der Waals surface area (Å²) in [7, 11) is 0. The van der Waals surface area contributed by atoms with Crippen molar-refractivity contribution in [2.45, 2.75) is 45.1 Å². The number of benzene rings is 1. The summed E-state index contributed by atoms with van der Waals surface area (Å²) in [5, 5.41) is 0. The van der Waals surface area contributed by atoms with E-state index >= 15 is 0 Å². The first-order valence-corrected chi connectivity index (χ1v) is 12.2. The highest BCUT2D eigenvalue weighted by Gasteiger charge is 2.26. The number of nitrogens with zero attached hydrogens (tertiary/aromatic N) is 5. The smallest absolute Gasteiger partial charge is 0.173 e. The van der Waals surface area contributed by atoms with Gasteiger partial charge in [-0.1, -0.05) is 0 Å². The monoisotopic (exact) mass is 459 g/mol. The highest BCUT2D eigenvalue weighted by atomic mass is 16.5. The van der Waals surface area contributed by atoms with Gasteiger partial charge < -0.3 is 18.8 Å². The van der Waals surface area contributed by atoms with E-state index in [1.165, 1.54) is 0 Å². The molecule has 8 nitrogen and oxygen atoms in total. The van der Waals surface area contributed by atoms with Gasteiger partial charge in [0.15, 0.2) is 5.58 Å². The molecule has 0 unspecified atom stereocenters. The maximum absolute atomic E-state index is 6.57. The minimum Gasteiger partial charge on any atom is -0.488 e. The maximum Gasteiger partial charge on any atom is 0.173 e. The third-order valence-corrected chi connectivity index (χ3v) is 6.95. The molecule has 176 valence electrons. The molecule has 6 rings (SSSR count). The van der Waals surface area contributed by atoms with Crippen molar-refractivity contribution in [1.82, 2.24) is 19.9 Å². The molecule has 1 aromatic carbocycles. The average Bonchev–Trinajstić information content (AvgIpc) is 3.34. The van der Waals surface area contributed by atoms with E-state index < -0.39 is 0 Å². The number of aryl methyl sites for hydroxylation is 1. The summed E-state index contributed by atoms with van der Waals surface area (Å²) < 4.78 is 17.8. The lowest BCUT2D eigenvalue weighted by Crippen LogP contribution is -2.36. The van der Waals surface area contributed by atoms with E-state index in [2.05, 4.69) is 37.0 Å². The number of aromatic nitrogens is 4. The van der Waals surface area contributed by atoms with Gasteiger partial charge in [0.1, 0.15) is 22.6 Å². The van der Waals surface area contributed by atoms with Crippen LogP contribution in [0.15, 0.2) is 41.3 Å². The molecule has 4 heterocycles. The number of anilines is 1. The third kappa shape index (κ3) is 4.30. The van der Waals surface area contributed by atoms with Crippen LogP contribution in [0.2, 0.25) is 0 Å². The van der Waals surface area contributed by atoms with Crippen molar-refractivity contribution in [2.24, 2.45) is 5.92 Å². The van der Waals surface area contributed by atoms with Crippen LogP contribution in [-0.2, 0) is 11.2 Å². The highest BCUT2D eigenvalue weighted by molar-refractivity contribution is 5.85. The van der Waals surface area contributed by atoms with E-state index in [0.717, 1.165) is 103 Å². The minimum absolute atomic E-state index is 0.178. The van der Waals surface area contributed by atoms with Crippen LogP contribution in [-0.4, -0.2) is 52.3 Å². The van der Waals surface area contributed by atoms with E-state index in [1.807, 2.05) is 13.0 Å². The van der Waals surface area contributed by atoms with Gasteiger partial charge in [0.25, 0.3) is 0 Å². The van der Waals surface area contributed by atoms with Crippen LogP contribution in [0.4, 0.5) is 5.69 Å². The first-order chi connectivity index (χ1) is 16.7. The van der Waals surface area contributed by atoms with Crippen molar-refractivity contribution >= 4 is 27.8 Å². The van der Waals surface area contributed by atoms with Crippen molar-refractivity contribution in [3.05, 3.63) is 48.4 Å². The van der Waals surface area contributed by atoms with Gasteiger partial charge >= 0.3 is 0 Å². The molecular formula is C26H29N5O3. The second-order valence-corrected chi connectivity index (χ2v) is 9.28. The Morgan fingerprint density at radius 1 is 1.00 bits per heavy atom. The number of hydrogen-bond acceptors (Lipinski definition) is 8. The molecule has 0 spiro atoms. The van der Waals surface area contributed by atoms with Crippen LogP contribution >= 0.6 is 0 Å². The molecule has 1 saturated heterocycles. The molecule has 0 atom stereocenters. The Bertz CT molecular complexity index is 1290. The maximum atomic E-state index is 6.57. The predicted octanol–water partition coefficient (Wildman–Crippen LogP) is 4.49. The molecule has 1 aliphatic heterocycles. The third-order valence-electron chi connectivity index (χ3n) is 6.95. The summed E-state index contributed by atoms with van der Waals surface area (Å²) in [5.41, 5.74) is 5.58. The molecule has 4 aromatic rings. The van der Waals surface area contributed by atoms with Crippen molar-refractivity contribution in [2.75, 3.05) is 31.2 Å². The normalized spacial score (nSPS) is 21.3. The SMILES string of the molecule is Cc1nc(CC2CCC(Oc3cc(N4CCOCC4)cc4nccnc34)CC2)c2occc2n1. The van der Waals surface area contributed by atoms with Gasteiger partial charge in [-0.15, -0.1) is 0 Å². The van der Waals surface area contributed by atoms with E-state index in [-0.39, 0.29) is 6.10 Å². The minimum atomic E-state index is 0.178. The Labute approximate surface area is 198 Å². The van der Waals surface area contributed by atoms with Crippen molar-refractivity contribution in [3.8, 4) is 5.75 Å². The number of ether oxygens (including phenoxy) is 2. The summed E-state index contributed by atoms with van der Waals surface area (Å²) in [4.78, 5) is 20.6. The van der Waals surface area contributed by atoms with Crippen LogP contribution in [0.1, 0.15) is 37.2 Å². The van der Waals surface area contributed by atoms with Crippen molar-refractivity contribution in [3.63, 3.8) is 0 Å². The summed E-state index contributed by atoms with van der Waals surface area (Å²) in [6.45, 7) is 5.19. The summed E-state index contributed by atoms with van der Waals surface area (Å²) in [6.07, 6.45) is 10.5. The van der Waals surface area contributed by atoms with Crippen LogP contribution in [0.3, 0.4) is 0 Å². The number of hydrogen-bond donors (Lipinski definition) is 0. The molecule has 34 heavy (non-hydrogen) atoms. The topological polar surface area (TPSA) is 86.4 Å². The first kappa shape index (κ1) is 21.3. The molecule has 3 aromatic heterocycles. The van der Waals surface area contributed by atoms with Gasteiger partial charge in [0.05, 0.1) is 36.8 Å². The Morgan fingerprint density at radius 2 is 1.82 bits per heavy atom. The summed E-state index contributed by atoms with van der Waals surface area (Å²) in [6, 6.07) is 6.15. The lowest BCUT2D eigenvalue weighted by Gasteiger charge is -2.31. The Morgan fingerprint density at radius 3 is 2.68 bits per heavy atom. The Balaban J connectivity index is 1.16. The van der Waals surface area contributed by atoms with Gasteiger partial charge in [-0.3, -0.25) is 4.98 Å². The zero-order valence-electron chi connectivity index (χ0n) is 19.4. The number of furan rings is 1. The quantitative estimate of drug-likeness (QED) is 0.431. The Kier molecular flexibility index (Phi) is 5.74. The molecule has 2 fully saturated rings. The van der Waals surface area contributed by atoms with Gasteiger partial charge in [-0.05, 0) is 51.0 Å². The summed E-state index contributed by atoms with van der Waals surface area (Å²) in [5.74, 6) is 2.20. The number of fused-ring (bicyclic) bond motifs is 2. The van der Waals surface area contributed by atoms with Gasteiger partial charge in [0.2, 0.25) is 0 Å². The van der Waals surface area contributed by atoms with Gasteiger partial charge in [0, 0.05) is 43.3 Å². The van der Waals surface area contributed by atoms with Crippen LogP contribution in [0, 0.1) is 12.8 Å². The van der Waals surface area contributed by atoms with Crippen LogP contribution < -0.4 is 9.64 Å². The second-order valence-electron chi connectivity index (χ2n) is 9.28. The fourth-order valence-electron chi connectivity index (χ4n) is 5.22. The Hall–Kier alpha value is -3.26. The summed E-state index contributed by atoms with van der Waals surface area (Å²) >= 11 is 0. The van der Waals surface area contributed by atoms with E-state index in [1.54, 1.807) is 18.7 Å². The molecule has 0 radical (unpaired) electrons.